The van der Waals surface area contributed by atoms with Crippen LogP contribution in [-0.2, 0) is 0 Å². The molecule has 0 saturated heterocycles. The van der Waals surface area contributed by atoms with Crippen molar-refractivity contribution in [1.82, 2.24) is 0 Å². The molecule has 2 aromatic rings. The van der Waals surface area contributed by atoms with Gasteiger partial charge in [0.25, 0.3) is 0 Å². The van der Waals surface area contributed by atoms with Crippen LogP contribution in [0.3, 0.4) is 0 Å². The van der Waals surface area contributed by atoms with Crippen molar-refractivity contribution in [3.05, 3.63) is 42.0 Å². The Morgan fingerprint density at radius 2 is 1.67 bits per heavy atom. The summed E-state index contributed by atoms with van der Waals surface area (Å²) < 4.78 is 42.6. The Balaban J connectivity index is 2.45. The molecule has 0 aromatic heterocycles. The number of fused-ring (bicyclic) bond motifs is 1. The van der Waals surface area contributed by atoms with Gasteiger partial charge in [-0.2, -0.15) is 13.2 Å². The first-order chi connectivity index (χ1) is 8.41. The zero-order valence-corrected chi connectivity index (χ0v) is 9.66. The van der Waals surface area contributed by atoms with E-state index in [4.69, 9.17) is 10.5 Å². The third kappa shape index (κ3) is 2.41. The quantitative estimate of drug-likeness (QED) is 0.892. The normalized spacial score (nSPS) is 13.6. The van der Waals surface area contributed by atoms with Crippen molar-refractivity contribution in [3.63, 3.8) is 0 Å². The predicted octanol–water partition coefficient (Wildman–Crippen LogP) is 3.41. The van der Waals surface area contributed by atoms with Gasteiger partial charge in [-0.05, 0) is 34.5 Å². The number of methoxy groups -OCH3 is 1. The minimum Gasteiger partial charge on any atom is -0.497 e. The molecule has 2 N–H and O–H groups in total. The molecule has 0 aliphatic heterocycles. The number of nitrogens with two attached hydrogens (primary N) is 1. The van der Waals surface area contributed by atoms with E-state index in [1.165, 1.54) is 19.2 Å². The van der Waals surface area contributed by atoms with Crippen LogP contribution in [0.25, 0.3) is 10.8 Å². The molecular formula is C13H12F3NO. The first-order valence-corrected chi connectivity index (χ1v) is 5.32. The Bertz CT molecular complexity index is 566. The van der Waals surface area contributed by atoms with E-state index in [0.717, 1.165) is 5.39 Å². The Morgan fingerprint density at radius 3 is 2.28 bits per heavy atom. The van der Waals surface area contributed by atoms with E-state index in [0.29, 0.717) is 11.1 Å². The lowest BCUT2D eigenvalue weighted by molar-refractivity contribution is -0.149. The molecule has 0 heterocycles. The van der Waals surface area contributed by atoms with Crippen LogP contribution in [0, 0.1) is 0 Å². The number of alkyl halides is 3. The van der Waals surface area contributed by atoms with E-state index < -0.39 is 12.2 Å². The van der Waals surface area contributed by atoms with Crippen LogP contribution in [0.5, 0.6) is 5.75 Å². The summed E-state index contributed by atoms with van der Waals surface area (Å²) in [6, 6.07) is 7.67. The van der Waals surface area contributed by atoms with Crippen LogP contribution in [-0.4, -0.2) is 13.3 Å². The van der Waals surface area contributed by atoms with Gasteiger partial charge in [0.2, 0.25) is 0 Å². The lowest BCUT2D eigenvalue weighted by Crippen LogP contribution is -2.28. The Morgan fingerprint density at radius 1 is 1.06 bits per heavy atom. The van der Waals surface area contributed by atoms with Gasteiger partial charge in [0.15, 0.2) is 0 Å². The third-order valence-corrected chi connectivity index (χ3v) is 2.78. The van der Waals surface area contributed by atoms with E-state index in [9.17, 15) is 13.2 Å². The van der Waals surface area contributed by atoms with Crippen LogP contribution < -0.4 is 10.5 Å². The molecule has 96 valence electrons. The summed E-state index contributed by atoms with van der Waals surface area (Å²) in [5.41, 5.74) is 5.23. The number of hydrogen-bond donors (Lipinski definition) is 1. The average Bonchev–Trinajstić information content (AvgIpc) is 2.35. The highest BCUT2D eigenvalue weighted by molar-refractivity contribution is 5.84. The van der Waals surface area contributed by atoms with Crippen molar-refractivity contribution < 1.29 is 17.9 Å². The summed E-state index contributed by atoms with van der Waals surface area (Å²) >= 11 is 0. The summed E-state index contributed by atoms with van der Waals surface area (Å²) in [7, 11) is 1.54. The molecular weight excluding hydrogens is 243 g/mol. The van der Waals surface area contributed by atoms with Gasteiger partial charge < -0.3 is 10.5 Å². The number of ether oxygens (including phenoxy) is 1. The fraction of sp³-hybridized carbons (Fsp3) is 0.231. The molecule has 0 radical (unpaired) electrons. The SMILES string of the molecule is COc1ccc2cc([C@@H](N)C(F)(F)F)ccc2c1. The highest BCUT2D eigenvalue weighted by Gasteiger charge is 2.37. The standard InChI is InChI=1S/C13H12F3NO/c1-18-11-5-4-8-6-10(3-2-9(8)7-11)12(17)13(14,15)16/h2-7,12H,17H2,1H3/t12-/m1/s1. The minimum absolute atomic E-state index is 0.0557. The molecule has 0 aliphatic carbocycles. The maximum atomic E-state index is 12.5. The Labute approximate surface area is 102 Å². The topological polar surface area (TPSA) is 35.2 Å². The smallest absolute Gasteiger partial charge is 0.407 e. The van der Waals surface area contributed by atoms with Gasteiger partial charge in [0.05, 0.1) is 7.11 Å². The maximum absolute atomic E-state index is 12.5. The van der Waals surface area contributed by atoms with Crippen molar-refractivity contribution in [2.24, 2.45) is 5.73 Å². The largest absolute Gasteiger partial charge is 0.497 e. The fourth-order valence-electron chi connectivity index (χ4n) is 1.75. The highest BCUT2D eigenvalue weighted by Crippen LogP contribution is 2.32. The van der Waals surface area contributed by atoms with Crippen molar-refractivity contribution in [2.45, 2.75) is 12.2 Å². The van der Waals surface area contributed by atoms with E-state index in [1.54, 1.807) is 24.3 Å². The van der Waals surface area contributed by atoms with Crippen molar-refractivity contribution >= 4 is 10.8 Å². The Hall–Kier alpha value is -1.75. The molecule has 0 saturated carbocycles. The molecule has 0 fully saturated rings. The van der Waals surface area contributed by atoms with Gasteiger partial charge in [-0.25, -0.2) is 0 Å². The van der Waals surface area contributed by atoms with Gasteiger partial charge in [-0.15, -0.1) is 0 Å². The zero-order valence-electron chi connectivity index (χ0n) is 9.66. The van der Waals surface area contributed by atoms with Crippen LogP contribution in [0.4, 0.5) is 13.2 Å². The average molecular weight is 255 g/mol. The van der Waals surface area contributed by atoms with Gasteiger partial charge in [0, 0.05) is 0 Å². The van der Waals surface area contributed by atoms with Crippen molar-refractivity contribution in [3.8, 4) is 5.75 Å². The van der Waals surface area contributed by atoms with E-state index in [1.807, 2.05) is 0 Å². The van der Waals surface area contributed by atoms with Crippen LogP contribution in [0.2, 0.25) is 0 Å². The molecule has 2 rings (SSSR count). The second-order valence-corrected chi connectivity index (χ2v) is 3.99. The summed E-state index contributed by atoms with van der Waals surface area (Å²) in [4.78, 5) is 0. The number of hydrogen-bond acceptors (Lipinski definition) is 2. The Kier molecular flexibility index (Phi) is 3.17. The zero-order chi connectivity index (χ0) is 13.3. The number of benzene rings is 2. The minimum atomic E-state index is -4.43. The molecule has 0 aliphatic rings. The van der Waals surface area contributed by atoms with E-state index in [-0.39, 0.29) is 5.56 Å². The van der Waals surface area contributed by atoms with Crippen LogP contribution >= 0.6 is 0 Å². The highest BCUT2D eigenvalue weighted by atomic mass is 19.4. The van der Waals surface area contributed by atoms with Crippen LogP contribution in [0.1, 0.15) is 11.6 Å². The fourth-order valence-corrected chi connectivity index (χ4v) is 1.75. The van der Waals surface area contributed by atoms with Gasteiger partial charge in [0.1, 0.15) is 11.8 Å². The second-order valence-electron chi connectivity index (χ2n) is 3.99. The van der Waals surface area contributed by atoms with E-state index in [2.05, 4.69) is 0 Å². The van der Waals surface area contributed by atoms with Gasteiger partial charge in [-0.1, -0.05) is 18.2 Å². The van der Waals surface area contributed by atoms with Crippen LogP contribution in [0.15, 0.2) is 36.4 Å². The lowest BCUT2D eigenvalue weighted by atomic mass is 10.0. The summed E-state index contributed by atoms with van der Waals surface area (Å²) in [6.45, 7) is 0. The molecule has 5 heteroatoms. The van der Waals surface area contributed by atoms with Crippen molar-refractivity contribution in [1.29, 1.82) is 0 Å². The first kappa shape index (κ1) is 12.7. The van der Waals surface area contributed by atoms with E-state index >= 15 is 0 Å². The summed E-state index contributed by atoms with van der Waals surface area (Å²) in [5.74, 6) is 0.662. The third-order valence-electron chi connectivity index (χ3n) is 2.78. The molecule has 0 unspecified atom stereocenters. The van der Waals surface area contributed by atoms with Gasteiger partial charge >= 0.3 is 6.18 Å². The number of halogens is 3. The molecule has 1 atom stereocenters. The molecule has 0 bridgehead atoms. The second kappa shape index (κ2) is 4.49. The van der Waals surface area contributed by atoms with Gasteiger partial charge in [-0.3, -0.25) is 0 Å². The summed E-state index contributed by atoms with van der Waals surface area (Å²) in [6.07, 6.45) is -4.43. The molecule has 0 amide bonds. The van der Waals surface area contributed by atoms with Crippen molar-refractivity contribution in [2.75, 3.05) is 7.11 Å². The molecule has 2 nitrogen and oxygen atoms in total. The maximum Gasteiger partial charge on any atom is 0.407 e. The summed E-state index contributed by atoms with van der Waals surface area (Å²) in [5, 5.41) is 1.51. The number of rotatable bonds is 2. The predicted molar refractivity (Wildman–Crippen MR) is 63.5 cm³/mol. The molecule has 18 heavy (non-hydrogen) atoms. The lowest BCUT2D eigenvalue weighted by Gasteiger charge is -2.16. The molecule has 0 spiro atoms. The monoisotopic (exact) mass is 255 g/mol. The molecule has 2 aromatic carbocycles. The first-order valence-electron chi connectivity index (χ1n) is 5.32.